The summed E-state index contributed by atoms with van der Waals surface area (Å²) in [4.78, 5) is 8.49. The average Bonchev–Trinajstić information content (AvgIpc) is 2.55. The van der Waals surface area contributed by atoms with Crippen molar-refractivity contribution in [2.24, 2.45) is 0 Å². The third-order valence-corrected chi connectivity index (χ3v) is 3.97. The van der Waals surface area contributed by atoms with Crippen LogP contribution in [0.1, 0.15) is 48.6 Å². The number of unbranched alkanes of at least 4 members (excludes halogenated alkanes) is 2. The molecule has 0 aliphatic heterocycles. The Balaban J connectivity index is 2.24. The van der Waals surface area contributed by atoms with Crippen LogP contribution in [0, 0.1) is 12.7 Å². The summed E-state index contributed by atoms with van der Waals surface area (Å²) in [5.74, 6) is 0.543. The van der Waals surface area contributed by atoms with Crippen LogP contribution in [0.2, 0.25) is 0 Å². The summed E-state index contributed by atoms with van der Waals surface area (Å²) >= 11 is 0. The molecule has 2 rings (SSSR count). The third-order valence-electron chi connectivity index (χ3n) is 3.97. The highest BCUT2D eigenvalue weighted by Crippen LogP contribution is 2.23. The molecule has 0 saturated heterocycles. The fourth-order valence-corrected chi connectivity index (χ4v) is 2.58. The number of hydrogen-bond acceptors (Lipinski definition) is 5. The van der Waals surface area contributed by atoms with E-state index in [2.05, 4.69) is 22.2 Å². The first-order valence-corrected chi connectivity index (χ1v) is 8.30. The van der Waals surface area contributed by atoms with Gasteiger partial charge in [0.15, 0.2) is 0 Å². The molecule has 0 radical (unpaired) electrons. The van der Waals surface area contributed by atoms with Crippen LogP contribution in [0.5, 0.6) is 0 Å². The minimum Gasteiger partial charge on any atom is -0.392 e. The number of nitrogens with two attached hydrogens (primary N) is 1. The summed E-state index contributed by atoms with van der Waals surface area (Å²) in [5, 5.41) is 12.4. The molecule has 0 aliphatic carbocycles. The molecule has 2 aromatic rings. The quantitative estimate of drug-likeness (QED) is 0.647. The molecule has 0 unspecified atom stereocenters. The van der Waals surface area contributed by atoms with E-state index in [9.17, 15) is 4.39 Å². The predicted molar refractivity (Wildman–Crippen MR) is 94.3 cm³/mol. The lowest BCUT2D eigenvalue weighted by atomic mass is 10.0. The van der Waals surface area contributed by atoms with E-state index in [1.165, 1.54) is 6.07 Å². The Hall–Kier alpha value is -2.21. The number of nitrogens with one attached hydrogen (secondary N) is 1. The third kappa shape index (κ3) is 4.64. The molecule has 0 saturated carbocycles. The van der Waals surface area contributed by atoms with Gasteiger partial charge in [-0.2, -0.15) is 4.98 Å². The van der Waals surface area contributed by atoms with Crippen molar-refractivity contribution in [2.45, 2.75) is 46.1 Å². The van der Waals surface area contributed by atoms with E-state index in [1.54, 1.807) is 12.1 Å². The van der Waals surface area contributed by atoms with E-state index < -0.39 is 0 Å². The van der Waals surface area contributed by atoms with Crippen molar-refractivity contribution in [3.63, 3.8) is 0 Å². The molecular formula is C18H25FN4O. The second kappa shape index (κ2) is 8.59. The maximum Gasteiger partial charge on any atom is 0.222 e. The number of nitrogen functional groups attached to an aromatic ring is 1. The molecule has 0 spiro atoms. The minimum absolute atomic E-state index is 0.175. The SMILES string of the molecule is CCCCCNc1nc(N)nc(C)c1Cc1ccc(CO)cc1F. The maximum atomic E-state index is 14.2. The van der Waals surface area contributed by atoms with E-state index >= 15 is 0 Å². The van der Waals surface area contributed by atoms with Gasteiger partial charge < -0.3 is 16.2 Å². The second-order valence-electron chi connectivity index (χ2n) is 5.89. The molecule has 4 N–H and O–H groups in total. The second-order valence-corrected chi connectivity index (χ2v) is 5.89. The summed E-state index contributed by atoms with van der Waals surface area (Å²) < 4.78 is 14.2. The molecule has 6 heteroatoms. The summed E-state index contributed by atoms with van der Waals surface area (Å²) in [6.45, 7) is 4.62. The predicted octanol–water partition coefficient (Wildman–Crippen LogP) is 3.19. The largest absolute Gasteiger partial charge is 0.392 e. The highest BCUT2D eigenvalue weighted by molar-refractivity contribution is 5.51. The molecule has 1 aromatic heterocycles. The summed E-state index contributed by atoms with van der Waals surface area (Å²) in [6.07, 6.45) is 3.69. The molecule has 0 fully saturated rings. The highest BCUT2D eigenvalue weighted by Gasteiger charge is 2.14. The van der Waals surface area contributed by atoms with Crippen molar-refractivity contribution in [2.75, 3.05) is 17.6 Å². The molecular weight excluding hydrogens is 307 g/mol. The molecule has 0 aliphatic rings. The van der Waals surface area contributed by atoms with Gasteiger partial charge >= 0.3 is 0 Å². The normalized spacial score (nSPS) is 10.8. The number of aliphatic hydroxyl groups excluding tert-OH is 1. The first-order valence-electron chi connectivity index (χ1n) is 8.30. The van der Waals surface area contributed by atoms with Gasteiger partial charge in [0.2, 0.25) is 5.95 Å². The zero-order valence-electron chi connectivity index (χ0n) is 14.3. The topological polar surface area (TPSA) is 84.1 Å². The highest BCUT2D eigenvalue weighted by atomic mass is 19.1. The van der Waals surface area contributed by atoms with Gasteiger partial charge in [-0.25, -0.2) is 9.37 Å². The average molecular weight is 332 g/mol. The van der Waals surface area contributed by atoms with E-state index in [0.717, 1.165) is 37.1 Å². The number of nitrogens with zero attached hydrogens (tertiary/aromatic N) is 2. The van der Waals surface area contributed by atoms with Crippen LogP contribution in [0.15, 0.2) is 18.2 Å². The number of rotatable bonds is 8. The van der Waals surface area contributed by atoms with Gasteiger partial charge in [-0.15, -0.1) is 0 Å². The zero-order valence-corrected chi connectivity index (χ0v) is 14.3. The molecule has 1 heterocycles. The lowest BCUT2D eigenvalue weighted by Gasteiger charge is -2.14. The van der Waals surface area contributed by atoms with Crippen LogP contribution in [0.3, 0.4) is 0 Å². The lowest BCUT2D eigenvalue weighted by molar-refractivity contribution is 0.281. The monoisotopic (exact) mass is 332 g/mol. The number of aromatic nitrogens is 2. The smallest absolute Gasteiger partial charge is 0.222 e. The molecule has 0 bridgehead atoms. The number of halogens is 1. The fraction of sp³-hybridized carbons (Fsp3) is 0.444. The van der Waals surface area contributed by atoms with E-state index in [-0.39, 0.29) is 18.4 Å². The Morgan fingerprint density at radius 2 is 2.04 bits per heavy atom. The Labute approximate surface area is 142 Å². The van der Waals surface area contributed by atoms with Crippen LogP contribution < -0.4 is 11.1 Å². The summed E-state index contributed by atoms with van der Waals surface area (Å²) in [5.41, 5.74) is 8.44. The Morgan fingerprint density at radius 1 is 1.25 bits per heavy atom. The van der Waals surface area contributed by atoms with Crippen LogP contribution in [-0.4, -0.2) is 21.6 Å². The van der Waals surface area contributed by atoms with Crippen molar-refractivity contribution in [3.05, 3.63) is 46.4 Å². The molecule has 1 aromatic carbocycles. The maximum absolute atomic E-state index is 14.2. The van der Waals surface area contributed by atoms with Gasteiger partial charge in [0.05, 0.1) is 6.61 Å². The van der Waals surface area contributed by atoms with Gasteiger partial charge in [-0.1, -0.05) is 31.9 Å². The van der Waals surface area contributed by atoms with Crippen molar-refractivity contribution in [1.29, 1.82) is 0 Å². The number of aliphatic hydroxyl groups is 1. The number of benzene rings is 1. The van der Waals surface area contributed by atoms with E-state index in [1.807, 2.05) is 6.92 Å². The van der Waals surface area contributed by atoms with E-state index in [4.69, 9.17) is 10.8 Å². The fourth-order valence-electron chi connectivity index (χ4n) is 2.58. The van der Waals surface area contributed by atoms with Crippen LogP contribution in [-0.2, 0) is 13.0 Å². The summed E-state index contributed by atoms with van der Waals surface area (Å²) in [6, 6.07) is 4.77. The van der Waals surface area contributed by atoms with Gasteiger partial charge in [0.1, 0.15) is 11.6 Å². The first kappa shape index (κ1) is 18.1. The molecule has 0 amide bonds. The van der Waals surface area contributed by atoms with Gasteiger partial charge in [-0.3, -0.25) is 0 Å². The van der Waals surface area contributed by atoms with Gasteiger partial charge in [0, 0.05) is 24.2 Å². The first-order chi connectivity index (χ1) is 11.5. The lowest BCUT2D eigenvalue weighted by Crippen LogP contribution is -2.12. The van der Waals surface area contributed by atoms with Crippen molar-refractivity contribution in [1.82, 2.24) is 9.97 Å². The standard InChI is InChI=1S/C18H25FN4O/c1-3-4-5-8-21-17-15(12(2)22-18(20)23-17)10-14-7-6-13(11-24)9-16(14)19/h6-7,9,24H,3-5,8,10-11H2,1-2H3,(H3,20,21,22,23). The number of hydrogen-bond donors (Lipinski definition) is 3. The Morgan fingerprint density at radius 3 is 2.71 bits per heavy atom. The van der Waals surface area contributed by atoms with Crippen molar-refractivity contribution in [3.8, 4) is 0 Å². The van der Waals surface area contributed by atoms with Gasteiger partial charge in [-0.05, 0) is 30.5 Å². The number of aryl methyl sites for hydroxylation is 1. The van der Waals surface area contributed by atoms with Crippen molar-refractivity contribution >= 4 is 11.8 Å². The van der Waals surface area contributed by atoms with Gasteiger partial charge in [0.25, 0.3) is 0 Å². The molecule has 5 nitrogen and oxygen atoms in total. The van der Waals surface area contributed by atoms with Crippen LogP contribution >= 0.6 is 0 Å². The molecule has 130 valence electrons. The van der Waals surface area contributed by atoms with E-state index in [0.29, 0.717) is 23.4 Å². The van der Waals surface area contributed by atoms with Crippen molar-refractivity contribution < 1.29 is 9.50 Å². The summed E-state index contributed by atoms with van der Waals surface area (Å²) in [7, 11) is 0. The minimum atomic E-state index is -0.338. The Kier molecular flexibility index (Phi) is 6.49. The van der Waals surface area contributed by atoms with Crippen LogP contribution in [0.25, 0.3) is 0 Å². The Bertz CT molecular complexity index is 691. The van der Waals surface area contributed by atoms with Crippen LogP contribution in [0.4, 0.5) is 16.2 Å². The molecule has 0 atom stereocenters. The molecule has 24 heavy (non-hydrogen) atoms. The number of anilines is 2. The zero-order chi connectivity index (χ0) is 17.5.